The van der Waals surface area contributed by atoms with E-state index in [9.17, 15) is 10.2 Å². The molecule has 1 atom stereocenters. The van der Waals surface area contributed by atoms with Gasteiger partial charge in [-0.15, -0.1) is 0 Å². The predicted molar refractivity (Wildman–Crippen MR) is 61.7 cm³/mol. The van der Waals surface area contributed by atoms with Gasteiger partial charge >= 0.3 is 0 Å². The van der Waals surface area contributed by atoms with Gasteiger partial charge in [-0.25, -0.2) is 0 Å². The number of likely N-dealkylation sites (tertiary alicyclic amines) is 1. The lowest BCUT2D eigenvalue weighted by molar-refractivity contribution is 0.174. The van der Waals surface area contributed by atoms with Crippen LogP contribution in [0.25, 0.3) is 0 Å². The fraction of sp³-hybridized carbons (Fsp3) is 0.455. The van der Waals surface area contributed by atoms with Gasteiger partial charge in [0, 0.05) is 25.2 Å². The van der Waals surface area contributed by atoms with E-state index < -0.39 is 0 Å². The molecule has 0 bridgehead atoms. The van der Waals surface area contributed by atoms with Gasteiger partial charge in [-0.05, 0) is 28.4 Å². The highest BCUT2D eigenvalue weighted by atomic mass is 79.9. The Labute approximate surface area is 97.5 Å². The molecular formula is C11H14BrNO2. The Morgan fingerprint density at radius 1 is 1.47 bits per heavy atom. The molecule has 82 valence electrons. The number of aliphatic hydroxyl groups excluding tert-OH is 1. The van der Waals surface area contributed by atoms with Gasteiger partial charge in [0.25, 0.3) is 0 Å². The van der Waals surface area contributed by atoms with E-state index in [4.69, 9.17) is 0 Å². The molecule has 2 N–H and O–H groups in total. The molecule has 0 saturated carbocycles. The second-order valence-electron chi connectivity index (χ2n) is 3.93. The summed E-state index contributed by atoms with van der Waals surface area (Å²) >= 11 is 3.29. The average molecular weight is 272 g/mol. The smallest absolute Gasteiger partial charge is 0.134 e. The molecule has 1 saturated heterocycles. The number of hydrogen-bond acceptors (Lipinski definition) is 3. The number of β-amino-alcohol motifs (C(OH)–C–C–N with tert-alkyl or cyclic N) is 1. The van der Waals surface area contributed by atoms with Crippen molar-refractivity contribution in [2.75, 3.05) is 13.1 Å². The average Bonchev–Trinajstić information content (AvgIpc) is 2.59. The number of aliphatic hydroxyl groups is 1. The third-order valence-electron chi connectivity index (χ3n) is 2.71. The summed E-state index contributed by atoms with van der Waals surface area (Å²) in [6, 6.07) is 5.63. The number of rotatable bonds is 2. The minimum atomic E-state index is -0.209. The zero-order valence-corrected chi connectivity index (χ0v) is 9.94. The summed E-state index contributed by atoms with van der Waals surface area (Å²) < 4.78 is 0.722. The molecule has 0 radical (unpaired) electrons. The molecule has 1 heterocycles. The van der Waals surface area contributed by atoms with E-state index in [1.807, 2.05) is 18.2 Å². The number of para-hydroxylation sites is 1. The van der Waals surface area contributed by atoms with Crippen molar-refractivity contribution in [1.82, 2.24) is 4.90 Å². The highest BCUT2D eigenvalue weighted by Crippen LogP contribution is 2.29. The molecule has 1 fully saturated rings. The Morgan fingerprint density at radius 2 is 2.27 bits per heavy atom. The van der Waals surface area contributed by atoms with Crippen molar-refractivity contribution in [3.05, 3.63) is 28.2 Å². The molecule has 4 heteroatoms. The Morgan fingerprint density at radius 3 is 2.93 bits per heavy atom. The van der Waals surface area contributed by atoms with Crippen molar-refractivity contribution in [1.29, 1.82) is 0 Å². The normalized spacial score (nSPS) is 22.1. The summed E-state index contributed by atoms with van der Waals surface area (Å²) in [6.07, 6.45) is 0.619. The van der Waals surface area contributed by atoms with Crippen LogP contribution in [0.3, 0.4) is 0 Å². The molecule has 1 aliphatic heterocycles. The number of nitrogens with zero attached hydrogens (tertiary/aromatic N) is 1. The Kier molecular flexibility index (Phi) is 3.29. The number of phenols is 1. The molecule has 3 nitrogen and oxygen atoms in total. The van der Waals surface area contributed by atoms with Crippen LogP contribution >= 0.6 is 15.9 Å². The van der Waals surface area contributed by atoms with E-state index in [1.54, 1.807) is 0 Å². The van der Waals surface area contributed by atoms with E-state index >= 15 is 0 Å². The van der Waals surface area contributed by atoms with Crippen molar-refractivity contribution < 1.29 is 10.2 Å². The minimum Gasteiger partial charge on any atom is -0.506 e. The van der Waals surface area contributed by atoms with Crippen LogP contribution in [0.4, 0.5) is 0 Å². The van der Waals surface area contributed by atoms with Crippen LogP contribution in [-0.4, -0.2) is 34.3 Å². The van der Waals surface area contributed by atoms with Gasteiger partial charge in [0.05, 0.1) is 10.6 Å². The number of phenolic OH excluding ortho intramolecular Hbond substituents is 1. The highest BCUT2D eigenvalue weighted by molar-refractivity contribution is 9.10. The Hall–Kier alpha value is -0.580. The van der Waals surface area contributed by atoms with Crippen LogP contribution in [0, 0.1) is 0 Å². The van der Waals surface area contributed by atoms with Crippen LogP contribution in [0.1, 0.15) is 12.0 Å². The monoisotopic (exact) mass is 271 g/mol. The molecule has 0 spiro atoms. The molecular weight excluding hydrogens is 258 g/mol. The molecule has 15 heavy (non-hydrogen) atoms. The van der Waals surface area contributed by atoms with Gasteiger partial charge in [-0.2, -0.15) is 0 Å². The van der Waals surface area contributed by atoms with Crippen molar-refractivity contribution in [2.24, 2.45) is 0 Å². The first kappa shape index (κ1) is 10.9. The second-order valence-corrected chi connectivity index (χ2v) is 4.78. The van der Waals surface area contributed by atoms with Crippen LogP contribution in [0.15, 0.2) is 22.7 Å². The van der Waals surface area contributed by atoms with Gasteiger partial charge in [0.15, 0.2) is 0 Å². The predicted octanol–water partition coefficient (Wildman–Crippen LogP) is 1.72. The first-order valence-corrected chi connectivity index (χ1v) is 5.83. The zero-order chi connectivity index (χ0) is 10.8. The maximum Gasteiger partial charge on any atom is 0.134 e. The van der Waals surface area contributed by atoms with Crippen LogP contribution in [0.5, 0.6) is 5.75 Å². The minimum absolute atomic E-state index is 0.209. The first-order valence-electron chi connectivity index (χ1n) is 5.03. The molecule has 0 amide bonds. The van der Waals surface area contributed by atoms with E-state index in [-0.39, 0.29) is 6.10 Å². The zero-order valence-electron chi connectivity index (χ0n) is 8.36. The highest BCUT2D eigenvalue weighted by Gasteiger charge is 2.21. The summed E-state index contributed by atoms with van der Waals surface area (Å²) in [5.41, 5.74) is 0.901. The van der Waals surface area contributed by atoms with Crippen LogP contribution < -0.4 is 0 Å². The van der Waals surface area contributed by atoms with E-state index in [2.05, 4.69) is 20.8 Å². The first-order chi connectivity index (χ1) is 7.16. The maximum absolute atomic E-state index is 9.79. The number of hydrogen-bond donors (Lipinski definition) is 2. The summed E-state index contributed by atoms with van der Waals surface area (Å²) in [5, 5.41) is 19.2. The molecule has 0 unspecified atom stereocenters. The SMILES string of the molecule is Oc1c(Br)cccc1CN1CC[C@@H](O)C1. The molecule has 0 aromatic heterocycles. The van der Waals surface area contributed by atoms with Gasteiger partial charge in [-0.3, -0.25) is 4.90 Å². The van der Waals surface area contributed by atoms with Gasteiger partial charge in [0.2, 0.25) is 0 Å². The Balaban J connectivity index is 2.07. The fourth-order valence-corrected chi connectivity index (χ4v) is 2.29. The third kappa shape index (κ3) is 2.51. The molecule has 2 rings (SSSR count). The van der Waals surface area contributed by atoms with Crippen molar-refractivity contribution in [3.63, 3.8) is 0 Å². The van der Waals surface area contributed by atoms with Crippen LogP contribution in [-0.2, 0) is 6.54 Å². The van der Waals surface area contributed by atoms with E-state index in [1.165, 1.54) is 0 Å². The third-order valence-corrected chi connectivity index (χ3v) is 3.35. The summed E-state index contributed by atoms with van der Waals surface area (Å²) in [5.74, 6) is 0.305. The van der Waals surface area contributed by atoms with Gasteiger partial charge in [0.1, 0.15) is 5.75 Å². The molecule has 1 aromatic rings. The number of benzene rings is 1. The maximum atomic E-state index is 9.79. The van der Waals surface area contributed by atoms with Gasteiger partial charge < -0.3 is 10.2 Å². The largest absolute Gasteiger partial charge is 0.506 e. The molecule has 0 aliphatic carbocycles. The van der Waals surface area contributed by atoms with Crippen molar-refractivity contribution in [2.45, 2.75) is 19.1 Å². The summed E-state index contributed by atoms with van der Waals surface area (Å²) in [4.78, 5) is 2.14. The number of aromatic hydroxyl groups is 1. The lowest BCUT2D eigenvalue weighted by Crippen LogP contribution is -2.21. The lowest BCUT2D eigenvalue weighted by atomic mass is 10.2. The van der Waals surface area contributed by atoms with Crippen molar-refractivity contribution in [3.8, 4) is 5.75 Å². The molecule has 1 aromatic carbocycles. The standard InChI is InChI=1S/C11H14BrNO2/c12-10-3-1-2-8(11(10)15)6-13-5-4-9(14)7-13/h1-3,9,14-15H,4-7H2/t9-/m1/s1. The Bertz CT molecular complexity index is 356. The quantitative estimate of drug-likeness (QED) is 0.861. The second kappa shape index (κ2) is 4.51. The van der Waals surface area contributed by atoms with Gasteiger partial charge in [-0.1, -0.05) is 12.1 Å². The number of halogens is 1. The lowest BCUT2D eigenvalue weighted by Gasteiger charge is -2.16. The topological polar surface area (TPSA) is 43.7 Å². The summed E-state index contributed by atoms with van der Waals surface area (Å²) in [6.45, 7) is 2.29. The molecule has 1 aliphatic rings. The van der Waals surface area contributed by atoms with E-state index in [0.29, 0.717) is 18.8 Å². The van der Waals surface area contributed by atoms with Crippen LogP contribution in [0.2, 0.25) is 0 Å². The summed E-state index contributed by atoms with van der Waals surface area (Å²) in [7, 11) is 0. The van der Waals surface area contributed by atoms with E-state index in [0.717, 1.165) is 23.0 Å². The fourth-order valence-electron chi connectivity index (χ4n) is 1.88. The van der Waals surface area contributed by atoms with Crippen molar-refractivity contribution >= 4 is 15.9 Å².